The number of benzene rings is 1. The van der Waals surface area contributed by atoms with Crippen LogP contribution < -0.4 is 5.32 Å². The maximum atomic E-state index is 12.1. The fraction of sp³-hybridized carbons (Fsp3) is 0.588. The number of carbonyl (C=O) groups is 1. The van der Waals surface area contributed by atoms with E-state index in [1.165, 1.54) is 0 Å². The number of hydrogen-bond donors (Lipinski definition) is 2. The fourth-order valence-corrected chi connectivity index (χ4v) is 3.75. The Morgan fingerprint density at radius 2 is 2.00 bits per heavy atom. The predicted molar refractivity (Wildman–Crippen MR) is 88.3 cm³/mol. The van der Waals surface area contributed by atoms with Crippen LogP contribution in [0, 0.1) is 5.92 Å². The second-order valence-electron chi connectivity index (χ2n) is 6.27. The number of nitrogens with one attached hydrogen (secondary N) is 1. The Labute approximate surface area is 134 Å². The average Bonchev–Trinajstić information content (AvgIpc) is 2.52. The molecular weight excluding hydrogens is 298 g/mol. The summed E-state index contributed by atoms with van der Waals surface area (Å²) in [6.45, 7) is 4.43. The average molecular weight is 323 g/mol. The lowest BCUT2D eigenvalue weighted by Crippen LogP contribution is -2.32. The van der Waals surface area contributed by atoms with Crippen LogP contribution in [0.4, 0.5) is 0 Å². The van der Waals surface area contributed by atoms with E-state index in [-0.39, 0.29) is 17.3 Å². The van der Waals surface area contributed by atoms with E-state index in [0.29, 0.717) is 18.0 Å². The van der Waals surface area contributed by atoms with E-state index < -0.39 is 10.8 Å². The van der Waals surface area contributed by atoms with Crippen molar-refractivity contribution in [2.24, 2.45) is 5.92 Å². The predicted octanol–water partition coefficient (Wildman–Crippen LogP) is 2.48. The van der Waals surface area contributed by atoms with Gasteiger partial charge in [-0.05, 0) is 49.4 Å². The minimum Gasteiger partial charge on any atom is -0.393 e. The summed E-state index contributed by atoms with van der Waals surface area (Å²) in [7, 11) is -1.03. The van der Waals surface area contributed by atoms with Crippen LogP contribution in [0.5, 0.6) is 0 Å². The molecule has 5 heteroatoms. The summed E-state index contributed by atoms with van der Waals surface area (Å²) < 4.78 is 12.0. The lowest BCUT2D eigenvalue weighted by Gasteiger charge is -2.25. The molecule has 1 aliphatic rings. The van der Waals surface area contributed by atoms with Crippen molar-refractivity contribution in [2.75, 3.05) is 6.54 Å². The zero-order chi connectivity index (χ0) is 16.1. The van der Waals surface area contributed by atoms with Crippen molar-refractivity contribution in [1.82, 2.24) is 5.32 Å². The summed E-state index contributed by atoms with van der Waals surface area (Å²) in [6.07, 6.45) is 3.51. The summed E-state index contributed by atoms with van der Waals surface area (Å²) in [5.41, 5.74) is 0.584. The van der Waals surface area contributed by atoms with E-state index in [1.54, 1.807) is 24.3 Å². The minimum absolute atomic E-state index is 0.0670. The van der Waals surface area contributed by atoms with E-state index in [4.69, 9.17) is 0 Å². The molecule has 2 rings (SSSR count). The SMILES string of the molecule is CC(C)S(=O)c1ccc(C(=O)NCC2CCCC(O)C2)cc1. The van der Waals surface area contributed by atoms with Crippen molar-refractivity contribution >= 4 is 16.7 Å². The third kappa shape index (κ3) is 4.65. The zero-order valence-corrected chi connectivity index (χ0v) is 14.1. The van der Waals surface area contributed by atoms with Gasteiger partial charge in [0.25, 0.3) is 5.91 Å². The van der Waals surface area contributed by atoms with Gasteiger partial charge in [-0.25, -0.2) is 0 Å². The van der Waals surface area contributed by atoms with Crippen molar-refractivity contribution < 1.29 is 14.1 Å². The van der Waals surface area contributed by atoms with Crippen molar-refractivity contribution in [2.45, 2.75) is 55.8 Å². The first-order valence-electron chi connectivity index (χ1n) is 7.94. The van der Waals surface area contributed by atoms with E-state index in [1.807, 2.05) is 13.8 Å². The smallest absolute Gasteiger partial charge is 0.251 e. The third-order valence-electron chi connectivity index (χ3n) is 4.08. The summed E-state index contributed by atoms with van der Waals surface area (Å²) in [5.74, 6) is 0.252. The normalized spacial score (nSPS) is 23.3. The molecule has 122 valence electrons. The highest BCUT2D eigenvalue weighted by Crippen LogP contribution is 2.23. The summed E-state index contributed by atoms with van der Waals surface area (Å²) >= 11 is 0. The minimum atomic E-state index is -1.03. The molecule has 0 bridgehead atoms. The van der Waals surface area contributed by atoms with Gasteiger partial charge in [0.2, 0.25) is 0 Å². The van der Waals surface area contributed by atoms with E-state index in [9.17, 15) is 14.1 Å². The molecule has 0 aromatic heterocycles. The van der Waals surface area contributed by atoms with Gasteiger partial charge >= 0.3 is 0 Å². The van der Waals surface area contributed by atoms with Crippen LogP contribution in [0.1, 0.15) is 49.9 Å². The van der Waals surface area contributed by atoms with Gasteiger partial charge in [-0.3, -0.25) is 9.00 Å². The summed E-state index contributed by atoms with van der Waals surface area (Å²) in [4.78, 5) is 12.9. The van der Waals surface area contributed by atoms with Gasteiger partial charge in [-0.1, -0.05) is 20.3 Å². The summed E-state index contributed by atoms with van der Waals surface area (Å²) in [5, 5.41) is 12.6. The highest BCUT2D eigenvalue weighted by molar-refractivity contribution is 7.85. The first-order chi connectivity index (χ1) is 10.5. The second kappa shape index (κ2) is 7.88. The topological polar surface area (TPSA) is 66.4 Å². The number of aliphatic hydroxyl groups excluding tert-OH is 1. The lowest BCUT2D eigenvalue weighted by atomic mass is 9.87. The van der Waals surface area contributed by atoms with Gasteiger partial charge in [0.05, 0.1) is 16.9 Å². The number of aliphatic hydroxyl groups is 1. The first-order valence-corrected chi connectivity index (χ1v) is 9.15. The van der Waals surface area contributed by atoms with Crippen LogP contribution in [0.2, 0.25) is 0 Å². The largest absolute Gasteiger partial charge is 0.393 e. The van der Waals surface area contributed by atoms with Gasteiger partial charge in [0.15, 0.2) is 0 Å². The molecule has 3 atom stereocenters. The van der Waals surface area contributed by atoms with E-state index in [2.05, 4.69) is 5.32 Å². The van der Waals surface area contributed by atoms with Crippen molar-refractivity contribution in [3.8, 4) is 0 Å². The molecule has 1 aromatic carbocycles. The van der Waals surface area contributed by atoms with E-state index in [0.717, 1.165) is 30.6 Å². The Hall–Kier alpha value is -1.20. The molecule has 1 fully saturated rings. The molecule has 0 spiro atoms. The zero-order valence-electron chi connectivity index (χ0n) is 13.2. The molecule has 0 saturated heterocycles. The Kier molecular flexibility index (Phi) is 6.15. The first kappa shape index (κ1) is 17.2. The molecule has 4 nitrogen and oxygen atoms in total. The fourth-order valence-electron chi connectivity index (χ4n) is 2.80. The van der Waals surface area contributed by atoms with Gasteiger partial charge in [0, 0.05) is 22.3 Å². The maximum Gasteiger partial charge on any atom is 0.251 e. The molecule has 2 N–H and O–H groups in total. The van der Waals surface area contributed by atoms with Crippen LogP contribution in [0.15, 0.2) is 29.2 Å². The van der Waals surface area contributed by atoms with Crippen LogP contribution in [-0.4, -0.2) is 33.1 Å². The van der Waals surface area contributed by atoms with E-state index >= 15 is 0 Å². The Bertz CT molecular complexity index is 527. The Morgan fingerprint density at radius 3 is 2.59 bits per heavy atom. The van der Waals surface area contributed by atoms with Gasteiger partial charge in [0.1, 0.15) is 0 Å². The molecule has 1 saturated carbocycles. The Balaban J connectivity index is 1.88. The maximum absolute atomic E-state index is 12.1. The summed E-state index contributed by atoms with van der Waals surface area (Å²) in [6, 6.07) is 6.96. The third-order valence-corrected chi connectivity index (χ3v) is 5.68. The second-order valence-corrected chi connectivity index (χ2v) is 8.28. The monoisotopic (exact) mass is 323 g/mol. The molecule has 1 aliphatic carbocycles. The highest BCUT2D eigenvalue weighted by Gasteiger charge is 2.20. The lowest BCUT2D eigenvalue weighted by molar-refractivity contribution is 0.0874. The van der Waals surface area contributed by atoms with Gasteiger partial charge in [-0.2, -0.15) is 0 Å². The van der Waals surface area contributed by atoms with Crippen LogP contribution in [0.25, 0.3) is 0 Å². The quantitative estimate of drug-likeness (QED) is 0.875. The molecule has 1 amide bonds. The number of carbonyl (C=O) groups excluding carboxylic acids is 1. The molecule has 0 heterocycles. The number of rotatable bonds is 5. The molecule has 1 aromatic rings. The molecule has 0 aliphatic heterocycles. The van der Waals surface area contributed by atoms with Crippen LogP contribution in [0.3, 0.4) is 0 Å². The standard InChI is InChI=1S/C17H25NO3S/c1-12(2)22(21)16-8-6-14(7-9-16)17(20)18-11-13-4-3-5-15(19)10-13/h6-9,12-13,15,19H,3-5,10-11H2,1-2H3,(H,18,20). The Morgan fingerprint density at radius 1 is 1.32 bits per heavy atom. The van der Waals surface area contributed by atoms with Crippen LogP contribution >= 0.6 is 0 Å². The highest BCUT2D eigenvalue weighted by atomic mass is 32.2. The van der Waals surface area contributed by atoms with Crippen molar-refractivity contribution in [3.63, 3.8) is 0 Å². The van der Waals surface area contributed by atoms with Gasteiger partial charge < -0.3 is 10.4 Å². The molecule has 22 heavy (non-hydrogen) atoms. The molecular formula is C17H25NO3S. The van der Waals surface area contributed by atoms with Gasteiger partial charge in [-0.15, -0.1) is 0 Å². The molecule has 0 radical (unpaired) electrons. The van der Waals surface area contributed by atoms with Crippen molar-refractivity contribution in [3.05, 3.63) is 29.8 Å². The van der Waals surface area contributed by atoms with Crippen molar-refractivity contribution in [1.29, 1.82) is 0 Å². The number of amides is 1. The molecule has 3 unspecified atom stereocenters. The number of hydrogen-bond acceptors (Lipinski definition) is 3. The van der Waals surface area contributed by atoms with Crippen LogP contribution in [-0.2, 0) is 10.8 Å².